The topological polar surface area (TPSA) is 137 Å². The van der Waals surface area contributed by atoms with Crippen LogP contribution in [-0.2, 0) is 14.4 Å². The number of carbonyl (C=O) groups is 4. The van der Waals surface area contributed by atoms with Gasteiger partial charge in [0.05, 0.1) is 6.54 Å². The van der Waals surface area contributed by atoms with Crippen LogP contribution in [0, 0.1) is 5.92 Å². The molecule has 0 saturated heterocycles. The van der Waals surface area contributed by atoms with Crippen molar-refractivity contribution in [3.05, 3.63) is 36.0 Å². The summed E-state index contributed by atoms with van der Waals surface area (Å²) >= 11 is 0. The van der Waals surface area contributed by atoms with Crippen LogP contribution >= 0.6 is 0 Å². The van der Waals surface area contributed by atoms with Gasteiger partial charge in [0.2, 0.25) is 5.91 Å². The van der Waals surface area contributed by atoms with Crippen LogP contribution in [0.5, 0.6) is 0 Å². The molecule has 0 saturated carbocycles. The van der Waals surface area contributed by atoms with Gasteiger partial charge in [0.25, 0.3) is 17.7 Å². The second-order valence-electron chi connectivity index (χ2n) is 7.30. The van der Waals surface area contributed by atoms with Crippen molar-refractivity contribution >= 4 is 34.5 Å². The normalized spacial score (nSPS) is 11.9. The number of hydrogen-bond donors (Lipinski definition) is 4. The van der Waals surface area contributed by atoms with Crippen molar-refractivity contribution in [2.24, 2.45) is 11.7 Å². The third-order valence-electron chi connectivity index (χ3n) is 4.35. The predicted molar refractivity (Wildman–Crippen MR) is 109 cm³/mol. The molecule has 1 atom stereocenters. The molecule has 0 aliphatic carbocycles. The molecule has 1 aromatic carbocycles. The predicted octanol–water partition coefficient (Wildman–Crippen LogP) is 1.02. The number of fused-ring (bicyclic) bond motifs is 1. The van der Waals surface area contributed by atoms with Crippen LogP contribution in [-0.4, -0.2) is 52.9 Å². The Balaban J connectivity index is 2.13. The van der Waals surface area contributed by atoms with Gasteiger partial charge in [-0.1, -0.05) is 32.0 Å². The number of nitrogens with two attached hydrogens (primary N) is 1. The minimum absolute atomic E-state index is 0.0414. The van der Waals surface area contributed by atoms with Crippen molar-refractivity contribution in [3.63, 3.8) is 0 Å². The van der Waals surface area contributed by atoms with Crippen molar-refractivity contribution in [3.8, 4) is 0 Å². The SMILES string of the molecule is CC(C)CC(NC(=O)c1cc2ccccc2[nH]1)C(=O)NN(CCC(N)=O)C(=O)CF. The molecule has 5 N–H and O–H groups in total. The Hall–Kier alpha value is -3.43. The van der Waals surface area contributed by atoms with Gasteiger partial charge in [-0.05, 0) is 24.5 Å². The number of nitrogens with one attached hydrogen (secondary N) is 3. The highest BCUT2D eigenvalue weighted by atomic mass is 19.1. The van der Waals surface area contributed by atoms with Gasteiger partial charge >= 0.3 is 0 Å². The van der Waals surface area contributed by atoms with E-state index in [9.17, 15) is 23.6 Å². The molecule has 162 valence electrons. The molecule has 0 bridgehead atoms. The number of halogens is 1. The van der Waals surface area contributed by atoms with Gasteiger partial charge in [-0.25, -0.2) is 4.39 Å². The van der Waals surface area contributed by atoms with Crippen LogP contribution in [0.15, 0.2) is 30.3 Å². The lowest BCUT2D eigenvalue weighted by Crippen LogP contribution is -2.55. The number of alkyl halides is 1. The molecule has 4 amide bonds. The Kier molecular flexibility index (Phi) is 7.90. The highest BCUT2D eigenvalue weighted by Crippen LogP contribution is 2.15. The largest absolute Gasteiger partial charge is 0.370 e. The van der Waals surface area contributed by atoms with Crippen molar-refractivity contribution in [1.29, 1.82) is 0 Å². The fourth-order valence-corrected chi connectivity index (χ4v) is 2.88. The van der Waals surface area contributed by atoms with E-state index >= 15 is 0 Å². The smallest absolute Gasteiger partial charge is 0.272 e. The lowest BCUT2D eigenvalue weighted by Gasteiger charge is -2.26. The van der Waals surface area contributed by atoms with Crippen LogP contribution < -0.4 is 16.5 Å². The Morgan fingerprint density at radius 1 is 1.20 bits per heavy atom. The maximum atomic E-state index is 12.8. The third kappa shape index (κ3) is 6.29. The number of nitrogens with zero attached hydrogens (tertiary/aromatic N) is 1. The number of hydrogen-bond acceptors (Lipinski definition) is 4. The molecule has 2 aromatic rings. The van der Waals surface area contributed by atoms with Gasteiger partial charge in [-0.15, -0.1) is 0 Å². The van der Waals surface area contributed by atoms with Crippen LogP contribution in [0.25, 0.3) is 10.9 Å². The second-order valence-corrected chi connectivity index (χ2v) is 7.30. The fourth-order valence-electron chi connectivity index (χ4n) is 2.88. The average Bonchev–Trinajstić information content (AvgIpc) is 3.13. The molecular formula is C20H26FN5O4. The molecule has 0 radical (unpaired) electrons. The molecule has 2 rings (SSSR count). The highest BCUT2D eigenvalue weighted by molar-refractivity contribution is 6.00. The standard InChI is InChI=1S/C20H26FN5O4/c1-12(2)9-15(20(30)25-26(18(28)11-21)8-7-17(22)27)24-19(29)16-10-13-5-3-4-6-14(13)23-16/h3-6,10,12,15,23H,7-9,11H2,1-2H3,(H2,22,27)(H,24,29)(H,25,30). The highest BCUT2D eigenvalue weighted by Gasteiger charge is 2.26. The first-order valence-corrected chi connectivity index (χ1v) is 9.55. The molecular weight excluding hydrogens is 393 g/mol. The lowest BCUT2D eigenvalue weighted by atomic mass is 10.0. The number of benzene rings is 1. The number of hydrazine groups is 1. The van der Waals surface area contributed by atoms with Gasteiger partial charge < -0.3 is 16.0 Å². The summed E-state index contributed by atoms with van der Waals surface area (Å²) in [6.45, 7) is 2.11. The minimum atomic E-state index is -1.35. The van der Waals surface area contributed by atoms with E-state index in [0.29, 0.717) is 5.01 Å². The second kappa shape index (κ2) is 10.4. The molecule has 0 fully saturated rings. The molecule has 10 heteroatoms. The number of rotatable bonds is 9. The van der Waals surface area contributed by atoms with Gasteiger partial charge in [0, 0.05) is 17.3 Å². The molecule has 30 heavy (non-hydrogen) atoms. The zero-order valence-corrected chi connectivity index (χ0v) is 16.9. The fraction of sp³-hybridized carbons (Fsp3) is 0.400. The molecule has 0 aliphatic rings. The molecule has 9 nitrogen and oxygen atoms in total. The summed E-state index contributed by atoms with van der Waals surface area (Å²) < 4.78 is 12.8. The molecule has 0 aliphatic heterocycles. The van der Waals surface area contributed by atoms with Crippen molar-refractivity contribution < 1.29 is 23.6 Å². The number of primary amides is 1. The number of carbonyl (C=O) groups excluding carboxylic acids is 4. The van der Waals surface area contributed by atoms with E-state index in [1.54, 1.807) is 6.07 Å². The molecule has 1 aromatic heterocycles. The van der Waals surface area contributed by atoms with E-state index in [2.05, 4.69) is 15.7 Å². The summed E-state index contributed by atoms with van der Waals surface area (Å²) in [7, 11) is 0. The third-order valence-corrected chi connectivity index (χ3v) is 4.35. The van der Waals surface area contributed by atoms with Crippen molar-refractivity contribution in [2.75, 3.05) is 13.2 Å². The van der Waals surface area contributed by atoms with Gasteiger partial charge in [-0.2, -0.15) is 0 Å². The Bertz CT molecular complexity index is 894. The van der Waals surface area contributed by atoms with E-state index < -0.39 is 36.3 Å². The van der Waals surface area contributed by atoms with Crippen LogP contribution in [0.2, 0.25) is 0 Å². The number of amides is 4. The molecule has 1 heterocycles. The zero-order valence-electron chi connectivity index (χ0n) is 16.9. The zero-order chi connectivity index (χ0) is 22.3. The summed E-state index contributed by atoms with van der Waals surface area (Å²) in [4.78, 5) is 51.1. The summed E-state index contributed by atoms with van der Waals surface area (Å²) in [5.74, 6) is -2.87. The summed E-state index contributed by atoms with van der Waals surface area (Å²) in [6.07, 6.45) is 0.0353. The van der Waals surface area contributed by atoms with E-state index in [0.717, 1.165) is 10.9 Å². The maximum absolute atomic E-state index is 12.8. The average molecular weight is 419 g/mol. The summed E-state index contributed by atoms with van der Waals surface area (Å²) in [5, 5.41) is 4.20. The monoisotopic (exact) mass is 419 g/mol. The molecule has 1 unspecified atom stereocenters. The first kappa shape index (κ1) is 22.9. The van der Waals surface area contributed by atoms with E-state index in [1.807, 2.05) is 38.1 Å². The lowest BCUT2D eigenvalue weighted by molar-refractivity contribution is -0.143. The minimum Gasteiger partial charge on any atom is -0.370 e. The summed E-state index contributed by atoms with van der Waals surface area (Å²) in [5.41, 5.74) is 8.40. The van der Waals surface area contributed by atoms with Crippen molar-refractivity contribution in [1.82, 2.24) is 20.7 Å². The first-order valence-electron chi connectivity index (χ1n) is 9.55. The van der Waals surface area contributed by atoms with Gasteiger partial charge in [0.1, 0.15) is 11.7 Å². The molecule has 0 spiro atoms. The van der Waals surface area contributed by atoms with E-state index in [-0.39, 0.29) is 31.0 Å². The van der Waals surface area contributed by atoms with Crippen LogP contribution in [0.3, 0.4) is 0 Å². The quantitative estimate of drug-likeness (QED) is 0.451. The Morgan fingerprint density at radius 2 is 1.90 bits per heavy atom. The van der Waals surface area contributed by atoms with Gasteiger partial charge in [0.15, 0.2) is 6.67 Å². The van der Waals surface area contributed by atoms with Gasteiger partial charge in [-0.3, -0.25) is 29.6 Å². The van der Waals surface area contributed by atoms with Crippen LogP contribution in [0.4, 0.5) is 4.39 Å². The first-order chi connectivity index (χ1) is 14.2. The Morgan fingerprint density at radius 3 is 2.50 bits per heavy atom. The number of H-pyrrole nitrogens is 1. The Labute approximate surface area is 173 Å². The van der Waals surface area contributed by atoms with E-state index in [4.69, 9.17) is 5.73 Å². The van der Waals surface area contributed by atoms with Crippen LogP contribution in [0.1, 0.15) is 37.2 Å². The summed E-state index contributed by atoms with van der Waals surface area (Å²) in [6, 6.07) is 8.03. The number of aromatic nitrogens is 1. The number of aromatic amines is 1. The van der Waals surface area contributed by atoms with E-state index in [1.165, 1.54) is 0 Å². The number of para-hydroxylation sites is 1. The van der Waals surface area contributed by atoms with Crippen molar-refractivity contribution in [2.45, 2.75) is 32.7 Å². The maximum Gasteiger partial charge on any atom is 0.272 e.